The molecule has 2 rings (SSSR count). The lowest BCUT2D eigenvalue weighted by atomic mass is 10.0. The number of rotatable bonds is 3. The van der Waals surface area contributed by atoms with Crippen LogP contribution >= 0.6 is 0 Å². The van der Waals surface area contributed by atoms with Gasteiger partial charge in [0.2, 0.25) is 0 Å². The highest BCUT2D eigenvalue weighted by Crippen LogP contribution is 2.24. The fourth-order valence-electron chi connectivity index (χ4n) is 2.20. The van der Waals surface area contributed by atoms with Crippen LogP contribution in [0.3, 0.4) is 0 Å². The minimum absolute atomic E-state index is 0.247. The molecule has 1 aliphatic carbocycles. The van der Waals surface area contributed by atoms with Gasteiger partial charge in [-0.15, -0.1) is 0 Å². The summed E-state index contributed by atoms with van der Waals surface area (Å²) in [5, 5.41) is 10.9. The van der Waals surface area contributed by atoms with Crippen molar-refractivity contribution in [3.63, 3.8) is 0 Å². The SMILES string of the molecule is CC[C@@H]1CCCC1=NNC(=O)c1cc(C)[nH]n1. The van der Waals surface area contributed by atoms with Gasteiger partial charge < -0.3 is 0 Å². The van der Waals surface area contributed by atoms with Gasteiger partial charge in [-0.05, 0) is 44.6 Å². The summed E-state index contributed by atoms with van der Waals surface area (Å²) >= 11 is 0. The Hall–Kier alpha value is -1.65. The molecule has 0 unspecified atom stereocenters. The minimum Gasteiger partial charge on any atom is -0.282 e. The first-order chi connectivity index (χ1) is 8.20. The molecular weight excluding hydrogens is 216 g/mol. The number of carbonyl (C=O) groups excluding carboxylic acids is 1. The third-order valence-corrected chi connectivity index (χ3v) is 3.19. The fourth-order valence-corrected chi connectivity index (χ4v) is 2.20. The van der Waals surface area contributed by atoms with E-state index >= 15 is 0 Å². The number of aromatic amines is 1. The summed E-state index contributed by atoms with van der Waals surface area (Å²) in [5.74, 6) is 0.292. The van der Waals surface area contributed by atoms with Crippen LogP contribution < -0.4 is 5.43 Å². The Morgan fingerprint density at radius 3 is 3.18 bits per heavy atom. The van der Waals surface area contributed by atoms with Gasteiger partial charge in [0, 0.05) is 11.4 Å². The Labute approximate surface area is 101 Å². The highest BCUT2D eigenvalue weighted by Gasteiger charge is 2.21. The van der Waals surface area contributed by atoms with Gasteiger partial charge in [0.15, 0.2) is 5.69 Å². The van der Waals surface area contributed by atoms with E-state index in [0.717, 1.165) is 24.2 Å². The second-order valence-electron chi connectivity index (χ2n) is 4.48. The maximum absolute atomic E-state index is 11.7. The Balaban J connectivity index is 1.98. The summed E-state index contributed by atoms with van der Waals surface area (Å²) in [6.45, 7) is 4.02. The third-order valence-electron chi connectivity index (χ3n) is 3.19. The molecule has 0 radical (unpaired) electrons. The molecule has 1 amide bonds. The molecule has 2 N–H and O–H groups in total. The van der Waals surface area contributed by atoms with Crippen molar-refractivity contribution < 1.29 is 4.79 Å². The number of amides is 1. The molecule has 0 aliphatic heterocycles. The van der Waals surface area contributed by atoms with Crippen LogP contribution in [-0.4, -0.2) is 21.8 Å². The number of hydrogen-bond acceptors (Lipinski definition) is 3. The number of nitrogens with one attached hydrogen (secondary N) is 2. The van der Waals surface area contributed by atoms with Gasteiger partial charge in [-0.1, -0.05) is 6.92 Å². The average molecular weight is 234 g/mol. The van der Waals surface area contributed by atoms with E-state index in [4.69, 9.17) is 0 Å². The summed E-state index contributed by atoms with van der Waals surface area (Å²) in [4.78, 5) is 11.7. The first kappa shape index (κ1) is 11.8. The van der Waals surface area contributed by atoms with E-state index in [1.165, 1.54) is 12.8 Å². The van der Waals surface area contributed by atoms with Gasteiger partial charge in [-0.2, -0.15) is 10.2 Å². The van der Waals surface area contributed by atoms with Crippen molar-refractivity contribution in [1.82, 2.24) is 15.6 Å². The van der Waals surface area contributed by atoms with Gasteiger partial charge in [0.05, 0.1) is 0 Å². The van der Waals surface area contributed by atoms with Crippen LogP contribution in [0.15, 0.2) is 11.2 Å². The predicted octanol–water partition coefficient (Wildman–Crippen LogP) is 2.01. The summed E-state index contributed by atoms with van der Waals surface area (Å²) in [5.41, 5.74) is 4.96. The van der Waals surface area contributed by atoms with E-state index in [9.17, 15) is 4.79 Å². The standard InChI is InChI=1S/C12H18N4O/c1-3-9-5-4-6-10(9)14-16-12(17)11-7-8(2)13-15-11/h7,9H,3-6H2,1-2H3,(H,13,15)(H,16,17)/t9-/m1/s1. The van der Waals surface area contributed by atoms with Gasteiger partial charge in [0.1, 0.15) is 0 Å². The summed E-state index contributed by atoms with van der Waals surface area (Å²) in [7, 11) is 0. The first-order valence-corrected chi connectivity index (χ1v) is 6.09. The number of aromatic nitrogens is 2. The zero-order valence-corrected chi connectivity index (χ0v) is 10.3. The number of nitrogens with zero attached hydrogens (tertiary/aromatic N) is 2. The van der Waals surface area contributed by atoms with Crippen molar-refractivity contribution in [2.24, 2.45) is 11.0 Å². The second kappa shape index (κ2) is 5.12. The smallest absolute Gasteiger partial charge is 0.282 e. The lowest BCUT2D eigenvalue weighted by Crippen LogP contribution is -2.21. The van der Waals surface area contributed by atoms with Crippen molar-refractivity contribution in [1.29, 1.82) is 0 Å². The Morgan fingerprint density at radius 1 is 1.71 bits per heavy atom. The molecule has 1 saturated carbocycles. The van der Waals surface area contributed by atoms with Crippen LogP contribution in [0.4, 0.5) is 0 Å². The molecule has 0 aromatic carbocycles. The number of carbonyl (C=O) groups is 1. The van der Waals surface area contributed by atoms with Crippen LogP contribution in [0.25, 0.3) is 0 Å². The lowest BCUT2D eigenvalue weighted by Gasteiger charge is -2.06. The normalized spacial score (nSPS) is 22.0. The van der Waals surface area contributed by atoms with E-state index in [0.29, 0.717) is 11.6 Å². The number of H-pyrrole nitrogens is 1. The molecule has 1 atom stereocenters. The Bertz CT molecular complexity index is 435. The van der Waals surface area contributed by atoms with Crippen LogP contribution in [0.2, 0.25) is 0 Å². The molecule has 17 heavy (non-hydrogen) atoms. The highest BCUT2D eigenvalue weighted by molar-refractivity contribution is 5.94. The van der Waals surface area contributed by atoms with Crippen molar-refractivity contribution in [3.8, 4) is 0 Å². The molecule has 1 aliphatic rings. The molecule has 5 nitrogen and oxygen atoms in total. The molecule has 5 heteroatoms. The van der Waals surface area contributed by atoms with Crippen LogP contribution in [0.5, 0.6) is 0 Å². The van der Waals surface area contributed by atoms with E-state index in [-0.39, 0.29) is 5.91 Å². The molecule has 0 bridgehead atoms. The number of hydrogen-bond donors (Lipinski definition) is 2. The predicted molar refractivity (Wildman–Crippen MR) is 65.9 cm³/mol. The molecule has 1 heterocycles. The van der Waals surface area contributed by atoms with Gasteiger partial charge in [0.25, 0.3) is 5.91 Å². The first-order valence-electron chi connectivity index (χ1n) is 6.09. The van der Waals surface area contributed by atoms with Crippen molar-refractivity contribution in [2.75, 3.05) is 0 Å². The van der Waals surface area contributed by atoms with Gasteiger partial charge in [-0.25, -0.2) is 5.43 Å². The number of hydrazone groups is 1. The van der Waals surface area contributed by atoms with Gasteiger partial charge in [-0.3, -0.25) is 9.89 Å². The monoisotopic (exact) mass is 234 g/mol. The zero-order chi connectivity index (χ0) is 12.3. The molecule has 0 saturated heterocycles. The highest BCUT2D eigenvalue weighted by atomic mass is 16.2. The Morgan fingerprint density at radius 2 is 2.53 bits per heavy atom. The lowest BCUT2D eigenvalue weighted by molar-refractivity contribution is 0.0949. The topological polar surface area (TPSA) is 70.1 Å². The van der Waals surface area contributed by atoms with Crippen LogP contribution in [-0.2, 0) is 0 Å². The second-order valence-corrected chi connectivity index (χ2v) is 4.48. The summed E-state index contributed by atoms with van der Waals surface area (Å²) in [6, 6.07) is 1.71. The molecule has 1 fully saturated rings. The van der Waals surface area contributed by atoms with Gasteiger partial charge >= 0.3 is 0 Å². The molecule has 1 aromatic rings. The van der Waals surface area contributed by atoms with Crippen molar-refractivity contribution in [2.45, 2.75) is 39.5 Å². The molecule has 0 spiro atoms. The minimum atomic E-state index is -0.247. The average Bonchev–Trinajstić information content (AvgIpc) is 2.94. The maximum Gasteiger partial charge on any atom is 0.291 e. The van der Waals surface area contributed by atoms with Crippen LogP contribution in [0.1, 0.15) is 48.8 Å². The molecule has 92 valence electrons. The summed E-state index contributed by atoms with van der Waals surface area (Å²) in [6.07, 6.45) is 4.45. The van der Waals surface area contributed by atoms with Crippen LogP contribution in [0, 0.1) is 12.8 Å². The summed E-state index contributed by atoms with van der Waals surface area (Å²) < 4.78 is 0. The van der Waals surface area contributed by atoms with Crippen molar-refractivity contribution in [3.05, 3.63) is 17.5 Å². The van der Waals surface area contributed by atoms with E-state index < -0.39 is 0 Å². The quantitative estimate of drug-likeness (QED) is 0.785. The fraction of sp³-hybridized carbons (Fsp3) is 0.583. The van der Waals surface area contributed by atoms with Crippen molar-refractivity contribution >= 4 is 11.6 Å². The largest absolute Gasteiger partial charge is 0.291 e. The van der Waals surface area contributed by atoms with E-state index in [1.54, 1.807) is 6.07 Å². The maximum atomic E-state index is 11.7. The molecule has 1 aromatic heterocycles. The number of aryl methyl sites for hydroxylation is 1. The van der Waals surface area contributed by atoms with E-state index in [1.807, 2.05) is 6.92 Å². The molecular formula is C12H18N4O. The van der Waals surface area contributed by atoms with E-state index in [2.05, 4.69) is 27.6 Å². The zero-order valence-electron chi connectivity index (χ0n) is 10.3. The third kappa shape index (κ3) is 2.72. The Kier molecular flexibility index (Phi) is 3.56.